The molecule has 1 nitrogen and oxygen atoms in total. The minimum atomic E-state index is 0.760. The zero-order chi connectivity index (χ0) is 10.9. The fraction of sp³-hybridized carbons (Fsp3) is 1.00. The van der Waals surface area contributed by atoms with E-state index in [1.807, 2.05) is 0 Å². The van der Waals surface area contributed by atoms with E-state index in [1.54, 1.807) is 0 Å². The molecule has 1 heterocycles. The Morgan fingerprint density at radius 3 is 2.07 bits per heavy atom. The second kappa shape index (κ2) is 4.65. The maximum absolute atomic E-state index is 2.53. The van der Waals surface area contributed by atoms with Gasteiger partial charge in [0, 0.05) is 6.04 Å². The fourth-order valence-corrected chi connectivity index (χ4v) is 3.23. The summed E-state index contributed by atoms with van der Waals surface area (Å²) in [6, 6.07) is 0.760. The SMILES string of the molecule is CC(C)C1CCN(C)C(C)C1C(C)C. The van der Waals surface area contributed by atoms with Crippen LogP contribution in [0.4, 0.5) is 0 Å². The van der Waals surface area contributed by atoms with Gasteiger partial charge < -0.3 is 4.90 Å². The lowest BCUT2D eigenvalue weighted by atomic mass is 9.69. The molecule has 0 bridgehead atoms. The maximum atomic E-state index is 2.53. The second-order valence-electron chi connectivity index (χ2n) is 5.74. The van der Waals surface area contributed by atoms with Crippen LogP contribution in [-0.2, 0) is 0 Å². The standard InChI is InChI=1S/C13H27N/c1-9(2)12-7-8-14(6)11(5)13(12)10(3)4/h9-13H,7-8H2,1-6H3. The molecule has 0 saturated carbocycles. The Kier molecular flexibility index (Phi) is 4.00. The van der Waals surface area contributed by atoms with Crippen LogP contribution in [0.5, 0.6) is 0 Å². The Hall–Kier alpha value is -0.0400. The van der Waals surface area contributed by atoms with Crippen LogP contribution in [0.3, 0.4) is 0 Å². The van der Waals surface area contributed by atoms with Crippen LogP contribution in [0, 0.1) is 23.7 Å². The molecule has 0 aromatic heterocycles. The topological polar surface area (TPSA) is 3.24 Å². The van der Waals surface area contributed by atoms with Crippen LogP contribution in [-0.4, -0.2) is 24.5 Å². The molecule has 0 spiro atoms. The average molecular weight is 197 g/mol. The molecule has 3 atom stereocenters. The maximum Gasteiger partial charge on any atom is 0.00973 e. The van der Waals surface area contributed by atoms with Gasteiger partial charge in [0.1, 0.15) is 0 Å². The molecule has 1 saturated heterocycles. The van der Waals surface area contributed by atoms with Gasteiger partial charge in [-0.3, -0.25) is 0 Å². The number of hydrogen-bond donors (Lipinski definition) is 0. The summed E-state index contributed by atoms with van der Waals surface area (Å²) in [4.78, 5) is 2.53. The van der Waals surface area contributed by atoms with Gasteiger partial charge in [-0.15, -0.1) is 0 Å². The third-order valence-electron chi connectivity index (χ3n) is 4.19. The summed E-state index contributed by atoms with van der Waals surface area (Å²) >= 11 is 0. The first-order valence-corrected chi connectivity index (χ1v) is 6.15. The van der Waals surface area contributed by atoms with Crippen molar-refractivity contribution in [2.24, 2.45) is 23.7 Å². The molecule has 0 N–H and O–H groups in total. The van der Waals surface area contributed by atoms with Gasteiger partial charge in [-0.1, -0.05) is 27.7 Å². The lowest BCUT2D eigenvalue weighted by Gasteiger charge is -2.46. The van der Waals surface area contributed by atoms with Gasteiger partial charge in [0.25, 0.3) is 0 Å². The zero-order valence-electron chi connectivity index (χ0n) is 10.7. The Labute approximate surface area is 89.9 Å². The van der Waals surface area contributed by atoms with Crippen molar-refractivity contribution in [3.8, 4) is 0 Å². The van der Waals surface area contributed by atoms with E-state index in [4.69, 9.17) is 0 Å². The smallest absolute Gasteiger partial charge is 0.00973 e. The minimum absolute atomic E-state index is 0.760. The molecule has 14 heavy (non-hydrogen) atoms. The van der Waals surface area contributed by atoms with Crippen molar-refractivity contribution in [3.63, 3.8) is 0 Å². The van der Waals surface area contributed by atoms with E-state index in [1.165, 1.54) is 13.0 Å². The Balaban J connectivity index is 2.76. The normalized spacial score (nSPS) is 35.6. The van der Waals surface area contributed by atoms with Gasteiger partial charge in [0.2, 0.25) is 0 Å². The van der Waals surface area contributed by atoms with Gasteiger partial charge in [-0.25, -0.2) is 0 Å². The van der Waals surface area contributed by atoms with Crippen LogP contribution in [0.1, 0.15) is 41.0 Å². The number of likely N-dealkylation sites (tertiary alicyclic amines) is 1. The third-order valence-corrected chi connectivity index (χ3v) is 4.19. The van der Waals surface area contributed by atoms with Crippen molar-refractivity contribution in [1.29, 1.82) is 0 Å². The molecule has 1 aliphatic rings. The summed E-state index contributed by atoms with van der Waals surface area (Å²) in [5.41, 5.74) is 0. The first kappa shape index (κ1) is 12.0. The van der Waals surface area contributed by atoms with Gasteiger partial charge in [0.05, 0.1) is 0 Å². The largest absolute Gasteiger partial charge is 0.303 e. The quantitative estimate of drug-likeness (QED) is 0.657. The third kappa shape index (κ3) is 2.31. The van der Waals surface area contributed by atoms with Crippen molar-refractivity contribution in [3.05, 3.63) is 0 Å². The molecule has 3 unspecified atom stereocenters. The molecule has 0 aliphatic carbocycles. The number of rotatable bonds is 2. The van der Waals surface area contributed by atoms with Gasteiger partial charge in [-0.05, 0) is 50.6 Å². The van der Waals surface area contributed by atoms with Crippen molar-refractivity contribution in [2.45, 2.75) is 47.1 Å². The summed E-state index contributed by atoms with van der Waals surface area (Å²) in [5, 5.41) is 0. The first-order chi connectivity index (χ1) is 6.45. The van der Waals surface area contributed by atoms with E-state index in [-0.39, 0.29) is 0 Å². The molecule has 1 fully saturated rings. The highest BCUT2D eigenvalue weighted by Gasteiger charge is 2.36. The first-order valence-electron chi connectivity index (χ1n) is 6.15. The number of nitrogens with zero attached hydrogens (tertiary/aromatic N) is 1. The summed E-state index contributed by atoms with van der Waals surface area (Å²) in [6.07, 6.45) is 1.39. The fourth-order valence-electron chi connectivity index (χ4n) is 3.23. The summed E-state index contributed by atoms with van der Waals surface area (Å²) in [6.45, 7) is 13.2. The van der Waals surface area contributed by atoms with Crippen LogP contribution in [0.25, 0.3) is 0 Å². The molecule has 1 rings (SSSR count). The highest BCUT2D eigenvalue weighted by Crippen LogP contribution is 2.37. The van der Waals surface area contributed by atoms with Crippen LogP contribution in [0.15, 0.2) is 0 Å². The van der Waals surface area contributed by atoms with Crippen molar-refractivity contribution < 1.29 is 0 Å². The predicted molar refractivity (Wildman–Crippen MR) is 63.4 cm³/mol. The van der Waals surface area contributed by atoms with E-state index in [0.717, 1.165) is 29.7 Å². The van der Waals surface area contributed by atoms with Crippen molar-refractivity contribution in [2.75, 3.05) is 13.6 Å². The molecule has 0 amide bonds. The molecule has 0 radical (unpaired) electrons. The predicted octanol–water partition coefficient (Wildman–Crippen LogP) is 3.25. The van der Waals surface area contributed by atoms with E-state index < -0.39 is 0 Å². The molecular weight excluding hydrogens is 170 g/mol. The van der Waals surface area contributed by atoms with E-state index in [2.05, 4.69) is 46.6 Å². The number of piperidine rings is 1. The second-order valence-corrected chi connectivity index (χ2v) is 5.74. The summed E-state index contributed by atoms with van der Waals surface area (Å²) in [7, 11) is 2.27. The zero-order valence-corrected chi connectivity index (χ0v) is 10.7. The monoisotopic (exact) mass is 197 g/mol. The molecule has 1 heteroatoms. The molecule has 1 aliphatic heterocycles. The Morgan fingerprint density at radius 1 is 1.07 bits per heavy atom. The molecule has 0 aromatic carbocycles. The van der Waals surface area contributed by atoms with Gasteiger partial charge in [-0.2, -0.15) is 0 Å². The lowest BCUT2D eigenvalue weighted by Crippen LogP contribution is -2.48. The van der Waals surface area contributed by atoms with Gasteiger partial charge in [0.15, 0.2) is 0 Å². The summed E-state index contributed by atoms with van der Waals surface area (Å²) in [5.74, 6) is 3.48. The highest BCUT2D eigenvalue weighted by molar-refractivity contribution is 4.88. The molecule has 84 valence electrons. The Bertz CT molecular complexity index is 174. The van der Waals surface area contributed by atoms with Crippen LogP contribution < -0.4 is 0 Å². The number of hydrogen-bond acceptors (Lipinski definition) is 1. The summed E-state index contributed by atoms with van der Waals surface area (Å²) < 4.78 is 0. The van der Waals surface area contributed by atoms with E-state index in [0.29, 0.717) is 0 Å². The van der Waals surface area contributed by atoms with Crippen molar-refractivity contribution >= 4 is 0 Å². The average Bonchev–Trinajstić information content (AvgIpc) is 2.08. The van der Waals surface area contributed by atoms with Crippen LogP contribution >= 0.6 is 0 Å². The van der Waals surface area contributed by atoms with Gasteiger partial charge >= 0.3 is 0 Å². The van der Waals surface area contributed by atoms with Crippen molar-refractivity contribution in [1.82, 2.24) is 4.90 Å². The lowest BCUT2D eigenvalue weighted by molar-refractivity contribution is 0.0285. The minimum Gasteiger partial charge on any atom is -0.303 e. The molecule has 0 aromatic rings. The highest BCUT2D eigenvalue weighted by atomic mass is 15.1. The molecular formula is C13H27N. The Morgan fingerprint density at radius 2 is 1.64 bits per heavy atom. The van der Waals surface area contributed by atoms with Crippen LogP contribution in [0.2, 0.25) is 0 Å². The van der Waals surface area contributed by atoms with E-state index in [9.17, 15) is 0 Å². The van der Waals surface area contributed by atoms with E-state index >= 15 is 0 Å².